The summed E-state index contributed by atoms with van der Waals surface area (Å²) in [6, 6.07) is 8.22. The number of benzene rings is 2. The van der Waals surface area contributed by atoms with Crippen LogP contribution in [-0.4, -0.2) is 23.3 Å². The van der Waals surface area contributed by atoms with Crippen LogP contribution in [0.25, 0.3) is 30.9 Å². The molecular weight excluding hydrogens is 606 g/mol. The molecule has 2 aromatic heterocycles. The molecular formula is C28H29Br2NO2S2. The van der Waals surface area contributed by atoms with Gasteiger partial charge >= 0.3 is 0 Å². The van der Waals surface area contributed by atoms with Gasteiger partial charge in [-0.1, -0.05) is 64.7 Å². The lowest BCUT2D eigenvalue weighted by molar-refractivity contribution is 0.0651. The average Bonchev–Trinajstić information content (AvgIpc) is 3.49. The van der Waals surface area contributed by atoms with Crippen molar-refractivity contribution in [3.63, 3.8) is 0 Å². The highest BCUT2D eigenvalue weighted by Crippen LogP contribution is 2.46. The summed E-state index contributed by atoms with van der Waals surface area (Å²) in [5.41, 5.74) is 1.10. The van der Waals surface area contributed by atoms with Crippen molar-refractivity contribution >= 4 is 97.3 Å². The maximum Gasteiger partial charge on any atom is 0.261 e. The van der Waals surface area contributed by atoms with Gasteiger partial charge in [0.05, 0.1) is 18.7 Å². The lowest BCUT2D eigenvalue weighted by atomic mass is 9.99. The molecule has 0 bridgehead atoms. The minimum atomic E-state index is -0.140. The highest BCUT2D eigenvalue weighted by atomic mass is 79.9. The maximum absolute atomic E-state index is 13.2. The number of halogens is 2. The zero-order valence-corrected chi connectivity index (χ0v) is 24.7. The van der Waals surface area contributed by atoms with E-state index in [1.807, 2.05) is 12.1 Å². The number of amides is 2. The van der Waals surface area contributed by atoms with E-state index in [0.29, 0.717) is 17.7 Å². The summed E-state index contributed by atoms with van der Waals surface area (Å²) in [5.74, 6) is -0.280. The molecule has 0 saturated carbocycles. The molecule has 5 rings (SSSR count). The Labute approximate surface area is 231 Å². The van der Waals surface area contributed by atoms with Crippen molar-refractivity contribution < 1.29 is 9.59 Å². The second-order valence-corrected chi connectivity index (χ2v) is 14.3. The number of thiophene rings is 2. The van der Waals surface area contributed by atoms with Crippen LogP contribution in [0, 0.1) is 0 Å². The van der Waals surface area contributed by atoms with E-state index in [0.717, 1.165) is 40.6 Å². The van der Waals surface area contributed by atoms with Crippen molar-refractivity contribution in [3.8, 4) is 0 Å². The number of fused-ring (bicyclic) bond motifs is 7. The Hall–Kier alpha value is -1.28. The van der Waals surface area contributed by atoms with Crippen molar-refractivity contribution in [1.29, 1.82) is 0 Å². The predicted molar refractivity (Wildman–Crippen MR) is 157 cm³/mol. The Kier molecular flexibility index (Phi) is 7.97. The first-order chi connectivity index (χ1) is 17.0. The fraction of sp³-hybridized carbons (Fsp3) is 0.429. The van der Waals surface area contributed by atoms with Crippen LogP contribution in [-0.2, 0) is 0 Å². The number of hydrogen-bond acceptors (Lipinski definition) is 4. The highest BCUT2D eigenvalue weighted by molar-refractivity contribution is 9.11. The number of nitrogens with zero attached hydrogens (tertiary/aromatic N) is 1. The number of carbonyl (C=O) groups is 2. The molecule has 1 aliphatic heterocycles. The first kappa shape index (κ1) is 25.4. The van der Waals surface area contributed by atoms with E-state index < -0.39 is 0 Å². The molecule has 0 atom stereocenters. The van der Waals surface area contributed by atoms with Crippen LogP contribution < -0.4 is 0 Å². The summed E-state index contributed by atoms with van der Waals surface area (Å²) in [7, 11) is 0. The van der Waals surface area contributed by atoms with Crippen LogP contribution >= 0.6 is 54.5 Å². The van der Waals surface area contributed by atoms with Crippen LogP contribution in [0.1, 0.15) is 91.8 Å². The number of rotatable bonds is 11. The molecule has 0 N–H and O–H groups in total. The van der Waals surface area contributed by atoms with E-state index >= 15 is 0 Å². The molecule has 2 amide bonds. The number of imide groups is 1. The molecule has 4 aromatic rings. The fourth-order valence-electron chi connectivity index (χ4n) is 5.19. The second-order valence-electron chi connectivity index (χ2n) is 9.47. The Bertz CT molecular complexity index is 1330. The molecule has 7 heteroatoms. The number of unbranched alkanes of at least 4 members (excludes halogenated alkanes) is 9. The van der Waals surface area contributed by atoms with E-state index in [-0.39, 0.29) is 11.8 Å². The Morgan fingerprint density at radius 2 is 1.03 bits per heavy atom. The minimum absolute atomic E-state index is 0.140. The van der Waals surface area contributed by atoms with Gasteiger partial charge in [-0.3, -0.25) is 14.5 Å². The van der Waals surface area contributed by atoms with Crippen LogP contribution in [0.4, 0.5) is 0 Å². The zero-order chi connectivity index (χ0) is 24.5. The fourth-order valence-corrected chi connectivity index (χ4v) is 8.48. The number of hydrogen-bond donors (Lipinski definition) is 0. The highest BCUT2D eigenvalue weighted by Gasteiger charge is 2.36. The Morgan fingerprint density at radius 1 is 0.629 bits per heavy atom. The molecule has 184 valence electrons. The third-order valence-corrected chi connectivity index (χ3v) is 10.4. The monoisotopic (exact) mass is 633 g/mol. The zero-order valence-electron chi connectivity index (χ0n) is 19.9. The molecule has 0 saturated heterocycles. The van der Waals surface area contributed by atoms with Crippen molar-refractivity contribution in [2.24, 2.45) is 0 Å². The maximum atomic E-state index is 13.2. The van der Waals surface area contributed by atoms with Crippen LogP contribution in [0.5, 0.6) is 0 Å². The number of carbonyl (C=O) groups excluding carboxylic acids is 2. The molecule has 0 radical (unpaired) electrons. The normalized spacial score (nSPS) is 13.7. The Balaban J connectivity index is 1.31. The summed E-state index contributed by atoms with van der Waals surface area (Å²) in [6.45, 7) is 2.76. The molecule has 1 aliphatic rings. The van der Waals surface area contributed by atoms with Crippen LogP contribution in [0.2, 0.25) is 0 Å². The second kappa shape index (κ2) is 11.0. The summed E-state index contributed by atoms with van der Waals surface area (Å²) >= 11 is 10.6. The van der Waals surface area contributed by atoms with Gasteiger partial charge < -0.3 is 0 Å². The van der Waals surface area contributed by atoms with E-state index in [4.69, 9.17) is 0 Å². The van der Waals surface area contributed by atoms with Gasteiger partial charge in [0, 0.05) is 37.5 Å². The van der Waals surface area contributed by atoms with Crippen LogP contribution in [0.3, 0.4) is 0 Å². The van der Waals surface area contributed by atoms with Crippen molar-refractivity contribution in [3.05, 3.63) is 43.0 Å². The third kappa shape index (κ3) is 4.98. The van der Waals surface area contributed by atoms with Gasteiger partial charge in [0.2, 0.25) is 0 Å². The van der Waals surface area contributed by atoms with Gasteiger partial charge in [-0.2, -0.15) is 0 Å². The predicted octanol–water partition coefficient (Wildman–Crippen LogP) is 10.3. The van der Waals surface area contributed by atoms with E-state index in [9.17, 15) is 9.59 Å². The molecule has 0 unspecified atom stereocenters. The summed E-state index contributed by atoms with van der Waals surface area (Å²) in [5, 5.41) is 4.48. The minimum Gasteiger partial charge on any atom is -0.274 e. The van der Waals surface area contributed by atoms with Crippen molar-refractivity contribution in [2.45, 2.75) is 71.1 Å². The third-order valence-electron chi connectivity index (χ3n) is 7.03. The van der Waals surface area contributed by atoms with E-state index in [2.05, 4.69) is 50.9 Å². The molecule has 0 aliphatic carbocycles. The Morgan fingerprint density at radius 3 is 1.49 bits per heavy atom. The van der Waals surface area contributed by atoms with Crippen LogP contribution in [0.15, 0.2) is 31.8 Å². The van der Waals surface area contributed by atoms with Gasteiger partial charge in [-0.25, -0.2) is 0 Å². The van der Waals surface area contributed by atoms with Gasteiger partial charge in [0.25, 0.3) is 11.8 Å². The molecule has 3 nitrogen and oxygen atoms in total. The molecule has 0 spiro atoms. The standard InChI is InChI=1S/C28H29Br2NO2S2/c1-2-3-4-5-6-7-8-9-10-11-12-31-27(32)21-13-17-18(14-22(21)28(31)33)26-20(16-24(30)35-26)19-15-23(29)34-25(17)19/h13-16H,2-12H2,1H3. The van der Waals surface area contributed by atoms with Gasteiger partial charge in [0.15, 0.2) is 0 Å². The first-order valence-electron chi connectivity index (χ1n) is 12.6. The van der Waals surface area contributed by atoms with Gasteiger partial charge in [-0.15, -0.1) is 22.7 Å². The van der Waals surface area contributed by atoms with Gasteiger partial charge in [-0.05, 0) is 62.5 Å². The molecule has 3 heterocycles. The smallest absolute Gasteiger partial charge is 0.261 e. The topological polar surface area (TPSA) is 37.4 Å². The average molecular weight is 635 g/mol. The lowest BCUT2D eigenvalue weighted by Crippen LogP contribution is -2.30. The summed E-state index contributed by atoms with van der Waals surface area (Å²) < 4.78 is 4.44. The van der Waals surface area contributed by atoms with E-state index in [1.165, 1.54) is 67.0 Å². The summed E-state index contributed by atoms with van der Waals surface area (Å²) in [6.07, 6.45) is 12.3. The first-order valence-corrected chi connectivity index (χ1v) is 15.9. The lowest BCUT2D eigenvalue weighted by Gasteiger charge is -2.13. The molecule has 35 heavy (non-hydrogen) atoms. The van der Waals surface area contributed by atoms with Crippen molar-refractivity contribution in [1.82, 2.24) is 4.90 Å². The molecule has 2 aromatic carbocycles. The largest absolute Gasteiger partial charge is 0.274 e. The molecule has 0 fully saturated rings. The SMILES string of the molecule is CCCCCCCCCCCCN1C(=O)c2cc3c(cc2C1=O)c1sc(Br)cc1c1cc(Br)sc13. The van der Waals surface area contributed by atoms with Crippen molar-refractivity contribution in [2.75, 3.05) is 6.54 Å². The summed E-state index contributed by atoms with van der Waals surface area (Å²) in [4.78, 5) is 28.0. The quantitative estimate of drug-likeness (QED) is 0.122. The van der Waals surface area contributed by atoms with E-state index in [1.54, 1.807) is 22.7 Å². The van der Waals surface area contributed by atoms with Gasteiger partial charge in [0.1, 0.15) is 0 Å².